The summed E-state index contributed by atoms with van der Waals surface area (Å²) in [4.78, 5) is 18.9. The first-order chi connectivity index (χ1) is 13.5. The molecule has 2 heterocycles. The van der Waals surface area contributed by atoms with Gasteiger partial charge in [-0.2, -0.15) is 4.98 Å². The van der Waals surface area contributed by atoms with Crippen LogP contribution in [-0.4, -0.2) is 27.0 Å². The molecule has 142 valence electrons. The Bertz CT molecular complexity index is 1130. The fourth-order valence-corrected chi connectivity index (χ4v) is 4.12. The minimum atomic E-state index is -0.101. The topological polar surface area (TPSA) is 59.3 Å². The number of fused-ring (bicyclic) bond motifs is 1. The minimum absolute atomic E-state index is 0.101. The lowest BCUT2D eigenvalue weighted by molar-refractivity contribution is 0.0954. The second kappa shape index (κ2) is 7.73. The zero-order valence-corrected chi connectivity index (χ0v) is 17.1. The van der Waals surface area contributed by atoms with Gasteiger partial charge in [0.25, 0.3) is 5.91 Å². The van der Waals surface area contributed by atoms with Gasteiger partial charge in [-0.05, 0) is 38.1 Å². The van der Waals surface area contributed by atoms with Gasteiger partial charge >= 0.3 is 0 Å². The van der Waals surface area contributed by atoms with Crippen molar-refractivity contribution in [1.29, 1.82) is 0 Å². The lowest BCUT2D eigenvalue weighted by Gasteiger charge is -2.05. The maximum absolute atomic E-state index is 12.2. The van der Waals surface area contributed by atoms with Gasteiger partial charge in [-0.3, -0.25) is 4.79 Å². The summed E-state index contributed by atoms with van der Waals surface area (Å²) in [6.07, 6.45) is 0.737. The third-order valence-corrected chi connectivity index (χ3v) is 6.01. The molecular formula is C21H19ClN4OS. The first-order valence-electron chi connectivity index (χ1n) is 8.97. The van der Waals surface area contributed by atoms with Crippen LogP contribution in [0.25, 0.3) is 16.3 Å². The van der Waals surface area contributed by atoms with Gasteiger partial charge in [0, 0.05) is 34.0 Å². The first-order valence-corrected chi connectivity index (χ1v) is 10.2. The monoisotopic (exact) mass is 410 g/mol. The largest absolute Gasteiger partial charge is 0.352 e. The zero-order valence-electron chi connectivity index (χ0n) is 15.6. The van der Waals surface area contributed by atoms with Gasteiger partial charge in [-0.25, -0.2) is 4.52 Å². The maximum Gasteiger partial charge on any atom is 0.251 e. The van der Waals surface area contributed by atoms with Gasteiger partial charge in [0.15, 0.2) is 5.82 Å². The molecular weight excluding hydrogens is 392 g/mol. The Labute approximate surface area is 172 Å². The van der Waals surface area contributed by atoms with Gasteiger partial charge < -0.3 is 5.32 Å². The number of aromatic nitrogens is 3. The summed E-state index contributed by atoms with van der Waals surface area (Å²) in [6, 6.07) is 15.1. The van der Waals surface area contributed by atoms with E-state index in [2.05, 4.69) is 34.5 Å². The van der Waals surface area contributed by atoms with Gasteiger partial charge in [-0.1, -0.05) is 52.8 Å². The van der Waals surface area contributed by atoms with Crippen LogP contribution in [0.5, 0.6) is 0 Å². The van der Waals surface area contributed by atoms with Crippen molar-refractivity contribution in [2.75, 3.05) is 6.54 Å². The number of nitrogens with one attached hydrogen (secondary N) is 1. The summed E-state index contributed by atoms with van der Waals surface area (Å²) < 4.78 is 1.89. The van der Waals surface area contributed by atoms with Gasteiger partial charge in [0.2, 0.25) is 4.96 Å². The Hall–Kier alpha value is -2.70. The van der Waals surface area contributed by atoms with Crippen LogP contribution >= 0.6 is 22.9 Å². The standard InChI is InChI=1S/C21H19ClN4OS/c1-13-3-5-15(6-4-13)19-24-21-26(25-19)14(2)18(28-21)11-12-23-20(27)16-7-9-17(22)10-8-16/h3-10H,11-12H2,1-2H3,(H,23,27). The Morgan fingerprint density at radius 3 is 2.50 bits per heavy atom. The summed E-state index contributed by atoms with van der Waals surface area (Å²) in [6.45, 7) is 4.65. The summed E-state index contributed by atoms with van der Waals surface area (Å²) in [5, 5.41) is 8.21. The van der Waals surface area contributed by atoms with E-state index in [9.17, 15) is 4.79 Å². The molecule has 0 unspecified atom stereocenters. The van der Waals surface area contributed by atoms with Crippen molar-refractivity contribution in [3.05, 3.63) is 75.3 Å². The average Bonchev–Trinajstić information content (AvgIpc) is 3.23. The molecule has 2 aromatic heterocycles. The molecule has 28 heavy (non-hydrogen) atoms. The molecule has 0 atom stereocenters. The van der Waals surface area contributed by atoms with Crippen molar-refractivity contribution in [2.24, 2.45) is 0 Å². The number of aryl methyl sites for hydroxylation is 2. The van der Waals surface area contributed by atoms with Crippen molar-refractivity contribution in [3.63, 3.8) is 0 Å². The second-order valence-electron chi connectivity index (χ2n) is 6.62. The molecule has 4 rings (SSSR count). The highest BCUT2D eigenvalue weighted by Crippen LogP contribution is 2.25. The van der Waals surface area contributed by atoms with Crippen LogP contribution in [0, 0.1) is 13.8 Å². The Morgan fingerprint density at radius 1 is 1.11 bits per heavy atom. The number of hydrogen-bond donors (Lipinski definition) is 1. The second-order valence-corrected chi connectivity index (χ2v) is 8.12. The fourth-order valence-electron chi connectivity index (χ4n) is 2.93. The van der Waals surface area contributed by atoms with Gasteiger partial charge in [0.05, 0.1) is 5.69 Å². The third-order valence-electron chi connectivity index (χ3n) is 4.57. The number of amides is 1. The van der Waals surface area contributed by atoms with Crippen LogP contribution < -0.4 is 5.32 Å². The van der Waals surface area contributed by atoms with E-state index in [1.807, 2.05) is 23.6 Å². The SMILES string of the molecule is Cc1ccc(-c2nc3sc(CCNC(=O)c4ccc(Cl)cc4)c(C)n3n2)cc1. The quantitative estimate of drug-likeness (QED) is 0.518. The van der Waals surface area contributed by atoms with Gasteiger partial charge in [0.1, 0.15) is 0 Å². The number of benzene rings is 2. The van der Waals surface area contributed by atoms with E-state index in [-0.39, 0.29) is 5.91 Å². The van der Waals surface area contributed by atoms with E-state index in [4.69, 9.17) is 11.6 Å². The average molecular weight is 411 g/mol. The maximum atomic E-state index is 12.2. The van der Waals surface area contributed by atoms with Crippen LogP contribution in [0.1, 0.15) is 26.5 Å². The van der Waals surface area contributed by atoms with Crippen LogP contribution in [0.3, 0.4) is 0 Å². The van der Waals surface area contributed by atoms with Crippen LogP contribution in [0.15, 0.2) is 48.5 Å². The lowest BCUT2D eigenvalue weighted by Crippen LogP contribution is -2.25. The third kappa shape index (κ3) is 3.79. The highest BCUT2D eigenvalue weighted by molar-refractivity contribution is 7.17. The number of nitrogens with zero attached hydrogens (tertiary/aromatic N) is 3. The molecule has 7 heteroatoms. The van der Waals surface area contributed by atoms with Crippen LogP contribution in [0.2, 0.25) is 5.02 Å². The molecule has 0 saturated carbocycles. The molecule has 0 aliphatic heterocycles. The summed E-state index contributed by atoms with van der Waals surface area (Å²) >= 11 is 7.47. The molecule has 0 radical (unpaired) electrons. The molecule has 2 aromatic carbocycles. The summed E-state index contributed by atoms with van der Waals surface area (Å²) in [7, 11) is 0. The lowest BCUT2D eigenvalue weighted by atomic mass is 10.1. The Morgan fingerprint density at radius 2 is 1.82 bits per heavy atom. The number of rotatable bonds is 5. The smallest absolute Gasteiger partial charge is 0.251 e. The normalized spacial score (nSPS) is 11.1. The highest BCUT2D eigenvalue weighted by atomic mass is 35.5. The number of carbonyl (C=O) groups excluding carboxylic acids is 1. The minimum Gasteiger partial charge on any atom is -0.352 e. The van der Waals surface area contributed by atoms with Crippen molar-refractivity contribution in [2.45, 2.75) is 20.3 Å². The molecule has 1 amide bonds. The molecule has 4 aromatic rings. The van der Waals surface area contributed by atoms with E-state index in [1.165, 1.54) is 10.4 Å². The predicted octanol–water partition coefficient (Wildman–Crippen LogP) is 4.70. The van der Waals surface area contributed by atoms with Crippen molar-refractivity contribution < 1.29 is 4.79 Å². The summed E-state index contributed by atoms with van der Waals surface area (Å²) in [5.41, 5.74) is 3.89. The van der Waals surface area contributed by atoms with E-state index >= 15 is 0 Å². The van der Waals surface area contributed by atoms with E-state index < -0.39 is 0 Å². The molecule has 0 fully saturated rings. The van der Waals surface area contributed by atoms with Crippen LogP contribution in [0.4, 0.5) is 0 Å². The Kier molecular flexibility index (Phi) is 5.15. The predicted molar refractivity (Wildman–Crippen MR) is 113 cm³/mol. The van der Waals surface area contributed by atoms with E-state index in [1.54, 1.807) is 35.6 Å². The number of thiazole rings is 1. The number of carbonyl (C=O) groups is 1. The highest BCUT2D eigenvalue weighted by Gasteiger charge is 2.14. The number of halogens is 1. The van der Waals surface area contributed by atoms with Crippen molar-refractivity contribution >= 4 is 33.8 Å². The Balaban J connectivity index is 1.44. The molecule has 1 N–H and O–H groups in total. The van der Waals surface area contributed by atoms with E-state index in [0.29, 0.717) is 17.1 Å². The molecule has 0 aliphatic rings. The molecule has 5 nitrogen and oxygen atoms in total. The summed E-state index contributed by atoms with van der Waals surface area (Å²) in [5.74, 6) is 0.632. The molecule has 0 bridgehead atoms. The van der Waals surface area contributed by atoms with Crippen molar-refractivity contribution in [1.82, 2.24) is 19.9 Å². The molecule has 0 saturated heterocycles. The number of hydrogen-bond acceptors (Lipinski definition) is 4. The molecule has 0 spiro atoms. The molecule has 0 aliphatic carbocycles. The van der Waals surface area contributed by atoms with Crippen LogP contribution in [-0.2, 0) is 6.42 Å². The first kappa shape index (κ1) is 18.7. The fraction of sp³-hybridized carbons (Fsp3) is 0.190. The zero-order chi connectivity index (χ0) is 19.7. The van der Waals surface area contributed by atoms with Crippen molar-refractivity contribution in [3.8, 4) is 11.4 Å². The van der Waals surface area contributed by atoms with E-state index in [0.717, 1.165) is 28.5 Å². The van der Waals surface area contributed by atoms with Gasteiger partial charge in [-0.15, -0.1) is 5.10 Å².